The average Bonchev–Trinajstić information content (AvgIpc) is 2.41. The first-order chi connectivity index (χ1) is 7.15. The SMILES string of the molecule is COC(=O)[C@H]1CCCCC[C@H]1NC(C)=O. The van der Waals surface area contributed by atoms with Gasteiger partial charge < -0.3 is 10.1 Å². The fraction of sp³-hybridized carbons (Fsp3) is 0.818. The number of esters is 1. The highest BCUT2D eigenvalue weighted by atomic mass is 16.5. The molecule has 2 atom stereocenters. The molecule has 15 heavy (non-hydrogen) atoms. The smallest absolute Gasteiger partial charge is 0.310 e. The molecular weight excluding hydrogens is 194 g/mol. The van der Waals surface area contributed by atoms with Gasteiger partial charge in [-0.1, -0.05) is 19.3 Å². The van der Waals surface area contributed by atoms with Crippen molar-refractivity contribution in [3.63, 3.8) is 0 Å². The van der Waals surface area contributed by atoms with E-state index < -0.39 is 0 Å². The lowest BCUT2D eigenvalue weighted by atomic mass is 9.95. The van der Waals surface area contributed by atoms with E-state index >= 15 is 0 Å². The molecular formula is C11H19NO3. The van der Waals surface area contributed by atoms with Gasteiger partial charge in [0.05, 0.1) is 13.0 Å². The first-order valence-corrected chi connectivity index (χ1v) is 5.50. The molecule has 0 bridgehead atoms. The van der Waals surface area contributed by atoms with Gasteiger partial charge >= 0.3 is 5.97 Å². The van der Waals surface area contributed by atoms with Gasteiger partial charge in [0.2, 0.25) is 5.91 Å². The van der Waals surface area contributed by atoms with Crippen LogP contribution in [0, 0.1) is 5.92 Å². The molecule has 0 aliphatic heterocycles. The van der Waals surface area contributed by atoms with Gasteiger partial charge in [-0.3, -0.25) is 9.59 Å². The molecule has 4 heteroatoms. The van der Waals surface area contributed by atoms with Crippen LogP contribution in [-0.2, 0) is 14.3 Å². The lowest BCUT2D eigenvalue weighted by molar-refractivity contribution is -0.146. The van der Waals surface area contributed by atoms with E-state index in [-0.39, 0.29) is 23.8 Å². The number of amides is 1. The van der Waals surface area contributed by atoms with Crippen LogP contribution in [0.4, 0.5) is 0 Å². The number of nitrogens with one attached hydrogen (secondary N) is 1. The normalized spacial score (nSPS) is 26.5. The molecule has 0 aromatic heterocycles. The van der Waals surface area contributed by atoms with Crippen molar-refractivity contribution in [1.82, 2.24) is 5.32 Å². The monoisotopic (exact) mass is 213 g/mol. The highest BCUT2D eigenvalue weighted by Gasteiger charge is 2.30. The third-order valence-electron chi connectivity index (χ3n) is 2.91. The molecule has 1 fully saturated rings. The maximum Gasteiger partial charge on any atom is 0.310 e. The van der Waals surface area contributed by atoms with E-state index in [1.54, 1.807) is 0 Å². The first-order valence-electron chi connectivity index (χ1n) is 5.50. The van der Waals surface area contributed by atoms with Crippen molar-refractivity contribution in [2.45, 2.75) is 45.1 Å². The number of methoxy groups -OCH3 is 1. The zero-order valence-electron chi connectivity index (χ0n) is 9.41. The quantitative estimate of drug-likeness (QED) is 0.554. The zero-order valence-corrected chi connectivity index (χ0v) is 9.41. The van der Waals surface area contributed by atoms with Crippen molar-refractivity contribution < 1.29 is 14.3 Å². The minimum atomic E-state index is -0.198. The Morgan fingerprint density at radius 3 is 2.47 bits per heavy atom. The van der Waals surface area contributed by atoms with Crippen LogP contribution in [0.15, 0.2) is 0 Å². The van der Waals surface area contributed by atoms with Crippen LogP contribution in [0.3, 0.4) is 0 Å². The van der Waals surface area contributed by atoms with Crippen LogP contribution in [0.25, 0.3) is 0 Å². The van der Waals surface area contributed by atoms with Gasteiger partial charge in [-0.05, 0) is 12.8 Å². The second kappa shape index (κ2) is 5.73. The number of ether oxygens (including phenoxy) is 1. The molecule has 0 aromatic carbocycles. The number of carbonyl (C=O) groups excluding carboxylic acids is 2. The van der Waals surface area contributed by atoms with Crippen LogP contribution in [0.5, 0.6) is 0 Å². The van der Waals surface area contributed by atoms with Crippen LogP contribution >= 0.6 is 0 Å². The second-order valence-electron chi connectivity index (χ2n) is 4.07. The summed E-state index contributed by atoms with van der Waals surface area (Å²) < 4.78 is 4.77. The molecule has 0 heterocycles. The highest BCUT2D eigenvalue weighted by molar-refractivity contribution is 5.77. The Hall–Kier alpha value is -1.06. The Bertz CT molecular complexity index is 240. The van der Waals surface area contributed by atoms with Crippen LogP contribution < -0.4 is 5.32 Å². The van der Waals surface area contributed by atoms with Gasteiger partial charge in [0, 0.05) is 13.0 Å². The molecule has 1 aliphatic rings. The molecule has 4 nitrogen and oxygen atoms in total. The van der Waals surface area contributed by atoms with E-state index in [4.69, 9.17) is 4.74 Å². The third kappa shape index (κ3) is 3.53. The predicted octanol–water partition coefficient (Wildman–Crippen LogP) is 1.24. The summed E-state index contributed by atoms with van der Waals surface area (Å²) in [7, 11) is 1.40. The van der Waals surface area contributed by atoms with Gasteiger partial charge in [0.25, 0.3) is 0 Å². The van der Waals surface area contributed by atoms with Gasteiger partial charge in [0.15, 0.2) is 0 Å². The topological polar surface area (TPSA) is 55.4 Å². The highest BCUT2D eigenvalue weighted by Crippen LogP contribution is 2.24. The minimum absolute atomic E-state index is 0.0440. The van der Waals surface area contributed by atoms with Crippen LogP contribution in [0.1, 0.15) is 39.0 Å². The van der Waals surface area contributed by atoms with Gasteiger partial charge in [-0.2, -0.15) is 0 Å². The molecule has 0 saturated heterocycles. The molecule has 0 aromatic rings. The summed E-state index contributed by atoms with van der Waals surface area (Å²) in [5.41, 5.74) is 0. The number of carbonyl (C=O) groups is 2. The van der Waals surface area contributed by atoms with E-state index in [0.717, 1.165) is 32.1 Å². The van der Waals surface area contributed by atoms with Crippen molar-refractivity contribution in [2.75, 3.05) is 7.11 Å². The molecule has 0 radical (unpaired) electrons. The zero-order chi connectivity index (χ0) is 11.3. The van der Waals surface area contributed by atoms with E-state index in [1.165, 1.54) is 14.0 Å². The summed E-state index contributed by atoms with van der Waals surface area (Å²) in [5.74, 6) is -0.437. The first kappa shape index (κ1) is 12.0. The Labute approximate surface area is 90.4 Å². The van der Waals surface area contributed by atoms with Crippen molar-refractivity contribution in [3.8, 4) is 0 Å². The molecule has 1 amide bonds. The predicted molar refractivity (Wildman–Crippen MR) is 56.2 cm³/mol. The van der Waals surface area contributed by atoms with Gasteiger partial charge in [-0.15, -0.1) is 0 Å². The van der Waals surface area contributed by atoms with Crippen molar-refractivity contribution in [1.29, 1.82) is 0 Å². The van der Waals surface area contributed by atoms with Gasteiger partial charge in [0.1, 0.15) is 0 Å². The summed E-state index contributed by atoms with van der Waals surface area (Å²) in [6, 6.07) is -0.0440. The molecule has 1 rings (SSSR count). The van der Waals surface area contributed by atoms with E-state index in [2.05, 4.69) is 5.32 Å². The summed E-state index contributed by atoms with van der Waals surface area (Å²) in [6.07, 6.45) is 4.93. The average molecular weight is 213 g/mol. The molecule has 0 unspecified atom stereocenters. The van der Waals surface area contributed by atoms with Crippen molar-refractivity contribution >= 4 is 11.9 Å². The van der Waals surface area contributed by atoms with E-state index in [9.17, 15) is 9.59 Å². The molecule has 86 valence electrons. The Morgan fingerprint density at radius 1 is 1.20 bits per heavy atom. The van der Waals surface area contributed by atoms with E-state index in [1.807, 2.05) is 0 Å². The molecule has 0 spiro atoms. The lowest BCUT2D eigenvalue weighted by Crippen LogP contribution is -2.42. The number of hydrogen-bond acceptors (Lipinski definition) is 3. The summed E-state index contributed by atoms with van der Waals surface area (Å²) in [6.45, 7) is 1.49. The van der Waals surface area contributed by atoms with E-state index in [0.29, 0.717) is 0 Å². The lowest BCUT2D eigenvalue weighted by Gasteiger charge is -2.23. The maximum atomic E-state index is 11.5. The summed E-state index contributed by atoms with van der Waals surface area (Å²) >= 11 is 0. The third-order valence-corrected chi connectivity index (χ3v) is 2.91. The Kier molecular flexibility index (Phi) is 4.59. The minimum Gasteiger partial charge on any atom is -0.469 e. The number of hydrogen-bond donors (Lipinski definition) is 1. The molecule has 1 aliphatic carbocycles. The van der Waals surface area contributed by atoms with Crippen LogP contribution in [0.2, 0.25) is 0 Å². The van der Waals surface area contributed by atoms with Gasteiger partial charge in [-0.25, -0.2) is 0 Å². The van der Waals surface area contributed by atoms with Crippen molar-refractivity contribution in [3.05, 3.63) is 0 Å². The second-order valence-corrected chi connectivity index (χ2v) is 4.07. The largest absolute Gasteiger partial charge is 0.469 e. The fourth-order valence-electron chi connectivity index (χ4n) is 2.17. The fourth-order valence-corrected chi connectivity index (χ4v) is 2.17. The Balaban J connectivity index is 2.66. The number of rotatable bonds is 2. The molecule has 1 saturated carbocycles. The summed E-state index contributed by atoms with van der Waals surface area (Å²) in [4.78, 5) is 22.6. The maximum absolute atomic E-state index is 11.5. The van der Waals surface area contributed by atoms with Crippen molar-refractivity contribution in [2.24, 2.45) is 5.92 Å². The Morgan fingerprint density at radius 2 is 1.87 bits per heavy atom. The molecule has 1 N–H and O–H groups in total. The standard InChI is InChI=1S/C11H19NO3/c1-8(13)12-10-7-5-3-4-6-9(10)11(14)15-2/h9-10H,3-7H2,1-2H3,(H,12,13)/t9-,10+/m0/s1. The van der Waals surface area contributed by atoms with Crippen LogP contribution in [-0.4, -0.2) is 25.0 Å². The summed E-state index contributed by atoms with van der Waals surface area (Å²) in [5, 5.41) is 2.85.